The summed E-state index contributed by atoms with van der Waals surface area (Å²) < 4.78 is 5.24. The van der Waals surface area contributed by atoms with E-state index in [4.69, 9.17) is 4.74 Å². The molecule has 2 saturated carbocycles. The minimum atomic E-state index is -1.78. The first-order valence-corrected chi connectivity index (χ1v) is 13.0. The number of rotatable bonds is 10. The average molecular weight is 516 g/mol. The quantitative estimate of drug-likeness (QED) is 0.302. The fourth-order valence-corrected chi connectivity index (χ4v) is 6.35. The number of thioether (sulfide) groups is 2. The van der Waals surface area contributed by atoms with Gasteiger partial charge in [-0.05, 0) is 51.5 Å². The highest BCUT2D eigenvalue weighted by molar-refractivity contribution is 7.99. The van der Waals surface area contributed by atoms with Crippen LogP contribution >= 0.6 is 23.5 Å². The van der Waals surface area contributed by atoms with Gasteiger partial charge in [-0.1, -0.05) is 11.8 Å². The van der Waals surface area contributed by atoms with Crippen molar-refractivity contribution in [2.45, 2.75) is 61.2 Å². The summed E-state index contributed by atoms with van der Waals surface area (Å²) in [7, 11) is 0. The summed E-state index contributed by atoms with van der Waals surface area (Å²) in [4.78, 5) is 53.9. The summed E-state index contributed by atoms with van der Waals surface area (Å²) in [6.07, 6.45) is 2.61. The number of carboxylic acid groups (broad SMARTS) is 2. The highest BCUT2D eigenvalue weighted by Crippen LogP contribution is 2.65. The van der Waals surface area contributed by atoms with Gasteiger partial charge < -0.3 is 25.6 Å². The Morgan fingerprint density at radius 3 is 2.56 bits per heavy atom. The second kappa shape index (κ2) is 10.0. The van der Waals surface area contributed by atoms with E-state index in [1.54, 1.807) is 20.8 Å². The van der Waals surface area contributed by atoms with Gasteiger partial charge in [0.1, 0.15) is 23.5 Å². The van der Waals surface area contributed by atoms with Crippen molar-refractivity contribution >= 4 is 47.5 Å². The lowest BCUT2D eigenvalue weighted by atomic mass is 9.89. The van der Waals surface area contributed by atoms with E-state index in [-0.39, 0.29) is 12.8 Å². The molecule has 1 aromatic heterocycles. The Kier molecular flexibility index (Phi) is 7.70. The molecule has 0 saturated heterocycles. The van der Waals surface area contributed by atoms with Gasteiger partial charge in [0, 0.05) is 11.2 Å². The first-order valence-electron chi connectivity index (χ1n) is 10.7. The molecule has 2 amide bonds. The number of carbonyl (C=O) groups excluding carboxylic acids is 2. The molecule has 2 fully saturated rings. The standard InChI is InChI=1S/C20H29N5O7S2/c1-19(2,3)32-18(31)23-9(5-6-33-4)14(26)24-20(16(29)30)7-10(34-17-21-8-22-25-17)11-12(13(11)20)15(27)28/h8-13H,5-7H2,1-4H3,(H,23,31)(H,24,26)(H,27,28)(H,29,30)(H,21,22,25)/t9?,10-,11-,12-,13-,20-/m0/s1. The van der Waals surface area contributed by atoms with E-state index >= 15 is 0 Å². The van der Waals surface area contributed by atoms with E-state index in [9.17, 15) is 29.4 Å². The van der Waals surface area contributed by atoms with Crippen LogP contribution in [0.3, 0.4) is 0 Å². The molecule has 14 heteroatoms. The smallest absolute Gasteiger partial charge is 0.408 e. The summed E-state index contributed by atoms with van der Waals surface area (Å²) in [6, 6.07) is -1.04. The predicted octanol–water partition coefficient (Wildman–Crippen LogP) is 1.20. The topological polar surface area (TPSA) is 184 Å². The van der Waals surface area contributed by atoms with Crippen LogP contribution in [0.25, 0.3) is 0 Å². The zero-order chi connectivity index (χ0) is 25.3. The van der Waals surface area contributed by atoms with E-state index in [0.29, 0.717) is 10.9 Å². The number of aliphatic carboxylic acids is 2. The lowest BCUT2D eigenvalue weighted by molar-refractivity contribution is -0.150. The third-order valence-corrected chi connectivity index (χ3v) is 7.73. The number of carbonyl (C=O) groups is 4. The number of hydrogen-bond acceptors (Lipinski definition) is 9. The van der Waals surface area contributed by atoms with Gasteiger partial charge in [0.05, 0.1) is 5.92 Å². The third kappa shape index (κ3) is 5.59. The van der Waals surface area contributed by atoms with Gasteiger partial charge in [0.15, 0.2) is 5.16 Å². The number of nitrogens with zero attached hydrogens (tertiary/aromatic N) is 2. The van der Waals surface area contributed by atoms with Crippen LogP contribution in [-0.2, 0) is 19.1 Å². The fourth-order valence-electron chi connectivity index (χ4n) is 4.53. The molecule has 6 atom stereocenters. The van der Waals surface area contributed by atoms with Crippen molar-refractivity contribution in [2.24, 2.45) is 17.8 Å². The van der Waals surface area contributed by atoms with Crippen LogP contribution in [0, 0.1) is 17.8 Å². The fraction of sp³-hybridized carbons (Fsp3) is 0.700. The van der Waals surface area contributed by atoms with Crippen molar-refractivity contribution < 1.29 is 34.1 Å². The van der Waals surface area contributed by atoms with Crippen LogP contribution in [-0.4, -0.2) is 83.8 Å². The average Bonchev–Trinajstić information content (AvgIpc) is 3.12. The van der Waals surface area contributed by atoms with Crippen LogP contribution in [0.4, 0.5) is 4.79 Å². The summed E-state index contributed by atoms with van der Waals surface area (Å²) in [6.45, 7) is 5.06. The van der Waals surface area contributed by atoms with Crippen LogP contribution in [0.15, 0.2) is 11.5 Å². The molecular weight excluding hydrogens is 486 g/mol. The number of hydrogen-bond donors (Lipinski definition) is 5. The third-order valence-electron chi connectivity index (χ3n) is 5.88. The molecule has 0 radical (unpaired) electrons. The molecule has 2 aliphatic carbocycles. The Morgan fingerprint density at radius 2 is 2.03 bits per heavy atom. The molecule has 0 aromatic carbocycles. The second-order valence-corrected chi connectivity index (χ2v) is 11.6. The lowest BCUT2D eigenvalue weighted by Crippen LogP contribution is -2.61. The first kappa shape index (κ1) is 26.1. The highest BCUT2D eigenvalue weighted by atomic mass is 32.2. The molecule has 188 valence electrons. The van der Waals surface area contributed by atoms with E-state index in [1.165, 1.54) is 29.9 Å². The van der Waals surface area contributed by atoms with E-state index < -0.39 is 64.1 Å². The molecule has 3 rings (SSSR count). The minimum absolute atomic E-state index is 0.0141. The number of aromatic nitrogens is 3. The van der Waals surface area contributed by atoms with Crippen LogP contribution in [0.5, 0.6) is 0 Å². The van der Waals surface area contributed by atoms with Crippen LogP contribution in [0.2, 0.25) is 0 Å². The van der Waals surface area contributed by atoms with Crippen molar-refractivity contribution in [2.75, 3.05) is 12.0 Å². The predicted molar refractivity (Wildman–Crippen MR) is 123 cm³/mol. The maximum absolute atomic E-state index is 13.2. The highest BCUT2D eigenvalue weighted by Gasteiger charge is 2.76. The van der Waals surface area contributed by atoms with Crippen molar-refractivity contribution in [1.82, 2.24) is 25.8 Å². The molecule has 2 aliphatic rings. The Balaban J connectivity index is 1.82. The first-order chi connectivity index (χ1) is 15.9. The molecule has 0 spiro atoms. The van der Waals surface area contributed by atoms with E-state index in [2.05, 4.69) is 25.8 Å². The maximum Gasteiger partial charge on any atom is 0.408 e. The molecule has 34 heavy (non-hydrogen) atoms. The largest absolute Gasteiger partial charge is 0.481 e. The van der Waals surface area contributed by atoms with Gasteiger partial charge in [0.2, 0.25) is 5.91 Å². The zero-order valence-electron chi connectivity index (χ0n) is 19.2. The number of ether oxygens (including phenoxy) is 1. The molecular formula is C20H29N5O7S2. The summed E-state index contributed by atoms with van der Waals surface area (Å²) in [5.41, 5.74) is -2.56. The number of carboxylic acids is 2. The van der Waals surface area contributed by atoms with E-state index in [0.717, 1.165) is 0 Å². The molecule has 0 bridgehead atoms. The molecule has 1 aromatic rings. The lowest BCUT2D eigenvalue weighted by Gasteiger charge is -2.32. The Hall–Kier alpha value is -2.48. The van der Waals surface area contributed by atoms with Crippen molar-refractivity contribution in [3.63, 3.8) is 0 Å². The normalized spacial score (nSPS) is 28.5. The van der Waals surface area contributed by atoms with Crippen molar-refractivity contribution in [3.8, 4) is 0 Å². The summed E-state index contributed by atoms with van der Waals surface area (Å²) >= 11 is 2.68. The number of amides is 2. The number of nitrogens with one attached hydrogen (secondary N) is 3. The van der Waals surface area contributed by atoms with Gasteiger partial charge in [-0.3, -0.25) is 14.7 Å². The maximum atomic E-state index is 13.2. The summed E-state index contributed by atoms with van der Waals surface area (Å²) in [5, 5.41) is 31.5. The van der Waals surface area contributed by atoms with Gasteiger partial charge in [-0.2, -0.15) is 16.9 Å². The zero-order valence-corrected chi connectivity index (χ0v) is 20.9. The molecule has 1 unspecified atom stereocenters. The van der Waals surface area contributed by atoms with E-state index in [1.807, 2.05) is 6.26 Å². The Bertz CT molecular complexity index is 938. The van der Waals surface area contributed by atoms with Gasteiger partial charge in [0.25, 0.3) is 0 Å². The SMILES string of the molecule is CSCCC(NC(=O)OC(C)(C)C)C(=O)N[C@@]1(C(=O)O)C[C@H](Sc2ncn[nH]2)[C@H]2[C@H](C(=O)O)[C@H]21. The number of H-pyrrole nitrogens is 1. The van der Waals surface area contributed by atoms with Gasteiger partial charge in [-0.15, -0.1) is 0 Å². The van der Waals surface area contributed by atoms with Crippen LogP contribution in [0.1, 0.15) is 33.6 Å². The molecule has 0 aliphatic heterocycles. The number of aromatic amines is 1. The van der Waals surface area contributed by atoms with Crippen molar-refractivity contribution in [3.05, 3.63) is 6.33 Å². The van der Waals surface area contributed by atoms with Gasteiger partial charge in [-0.25, -0.2) is 14.6 Å². The molecule has 12 nitrogen and oxygen atoms in total. The second-order valence-electron chi connectivity index (χ2n) is 9.36. The number of fused-ring (bicyclic) bond motifs is 1. The molecule has 5 N–H and O–H groups in total. The minimum Gasteiger partial charge on any atom is -0.481 e. The number of alkyl carbamates (subject to hydrolysis) is 1. The monoisotopic (exact) mass is 515 g/mol. The Labute approximate surface area is 204 Å². The van der Waals surface area contributed by atoms with Crippen LogP contribution < -0.4 is 10.6 Å². The molecule has 1 heterocycles. The summed E-state index contributed by atoms with van der Waals surface area (Å²) in [5.74, 6) is -4.72. The Morgan fingerprint density at radius 1 is 1.32 bits per heavy atom. The van der Waals surface area contributed by atoms with Gasteiger partial charge >= 0.3 is 18.0 Å². The van der Waals surface area contributed by atoms with Crippen molar-refractivity contribution in [1.29, 1.82) is 0 Å².